The molecule has 15 heavy (non-hydrogen) atoms. The number of hydrogen-bond donors (Lipinski definition) is 2. The quantitative estimate of drug-likeness (QED) is 0.797. The van der Waals surface area contributed by atoms with E-state index >= 15 is 0 Å². The summed E-state index contributed by atoms with van der Waals surface area (Å²) in [7, 11) is 0. The smallest absolute Gasteiger partial charge is 0.118 e. The lowest BCUT2D eigenvalue weighted by atomic mass is 9.94. The molecule has 0 aliphatic heterocycles. The molecule has 2 unspecified atom stereocenters. The predicted octanol–water partition coefficient (Wildman–Crippen LogP) is 2.62. The summed E-state index contributed by atoms with van der Waals surface area (Å²) in [6.45, 7) is 6.23. The highest BCUT2D eigenvalue weighted by Gasteiger charge is 2.09. The normalized spacial score (nSPS) is 14.9. The Morgan fingerprint density at radius 2 is 2.00 bits per heavy atom. The molecule has 1 aromatic rings. The predicted molar refractivity (Wildman–Crippen MR) is 64.0 cm³/mol. The Bertz CT molecular complexity index is 320. The minimum absolute atomic E-state index is 0.229. The SMILES string of the molecule is Cc1ccc(O)c(CC(C)CC(C)N)c1. The summed E-state index contributed by atoms with van der Waals surface area (Å²) >= 11 is 0. The highest BCUT2D eigenvalue weighted by atomic mass is 16.3. The van der Waals surface area contributed by atoms with Crippen LogP contribution < -0.4 is 5.73 Å². The lowest BCUT2D eigenvalue weighted by Crippen LogP contribution is -2.19. The van der Waals surface area contributed by atoms with E-state index in [9.17, 15) is 5.11 Å². The maximum Gasteiger partial charge on any atom is 0.118 e. The van der Waals surface area contributed by atoms with Crippen molar-refractivity contribution in [2.45, 2.75) is 39.7 Å². The van der Waals surface area contributed by atoms with Crippen molar-refractivity contribution in [3.8, 4) is 5.75 Å². The van der Waals surface area contributed by atoms with E-state index in [1.54, 1.807) is 6.07 Å². The summed E-state index contributed by atoms with van der Waals surface area (Å²) < 4.78 is 0. The van der Waals surface area contributed by atoms with Crippen LogP contribution in [0.25, 0.3) is 0 Å². The van der Waals surface area contributed by atoms with Gasteiger partial charge < -0.3 is 10.8 Å². The van der Waals surface area contributed by atoms with Gasteiger partial charge in [-0.2, -0.15) is 0 Å². The van der Waals surface area contributed by atoms with Gasteiger partial charge in [-0.1, -0.05) is 24.6 Å². The van der Waals surface area contributed by atoms with Crippen LogP contribution >= 0.6 is 0 Å². The number of hydrogen-bond acceptors (Lipinski definition) is 2. The van der Waals surface area contributed by atoms with Gasteiger partial charge in [0.15, 0.2) is 0 Å². The topological polar surface area (TPSA) is 46.2 Å². The van der Waals surface area contributed by atoms with Gasteiger partial charge in [0.05, 0.1) is 0 Å². The highest BCUT2D eigenvalue weighted by molar-refractivity contribution is 5.35. The molecule has 0 fully saturated rings. The average Bonchev–Trinajstić information content (AvgIpc) is 2.10. The summed E-state index contributed by atoms with van der Waals surface area (Å²) in [6, 6.07) is 5.97. The third-order valence-electron chi connectivity index (χ3n) is 2.58. The first kappa shape index (κ1) is 12.1. The van der Waals surface area contributed by atoms with E-state index in [0.29, 0.717) is 11.7 Å². The van der Waals surface area contributed by atoms with Gasteiger partial charge in [-0.05, 0) is 44.2 Å². The molecule has 0 amide bonds. The maximum atomic E-state index is 9.69. The van der Waals surface area contributed by atoms with Crippen LogP contribution in [0, 0.1) is 12.8 Å². The second-order valence-corrected chi connectivity index (χ2v) is 4.65. The molecular formula is C13H21NO. The van der Waals surface area contributed by atoms with Gasteiger partial charge in [-0.25, -0.2) is 0 Å². The molecule has 0 radical (unpaired) electrons. The van der Waals surface area contributed by atoms with Crippen LogP contribution in [0.1, 0.15) is 31.4 Å². The molecule has 3 N–H and O–H groups in total. The molecule has 2 nitrogen and oxygen atoms in total. The van der Waals surface area contributed by atoms with Crippen molar-refractivity contribution in [1.29, 1.82) is 0 Å². The van der Waals surface area contributed by atoms with Crippen molar-refractivity contribution in [1.82, 2.24) is 0 Å². The van der Waals surface area contributed by atoms with Crippen molar-refractivity contribution in [3.05, 3.63) is 29.3 Å². The first-order chi connectivity index (χ1) is 6.99. The van der Waals surface area contributed by atoms with Gasteiger partial charge in [0, 0.05) is 6.04 Å². The van der Waals surface area contributed by atoms with E-state index in [2.05, 4.69) is 6.92 Å². The van der Waals surface area contributed by atoms with Gasteiger partial charge in [0.25, 0.3) is 0 Å². The molecule has 2 atom stereocenters. The standard InChI is InChI=1S/C13H21NO/c1-9-4-5-13(15)12(7-9)8-10(2)6-11(3)14/h4-5,7,10-11,15H,6,8,14H2,1-3H3. The molecule has 0 aromatic heterocycles. The zero-order valence-corrected chi connectivity index (χ0v) is 9.83. The summed E-state index contributed by atoms with van der Waals surface area (Å²) in [5.41, 5.74) is 7.97. The third-order valence-corrected chi connectivity index (χ3v) is 2.58. The zero-order valence-electron chi connectivity index (χ0n) is 9.83. The lowest BCUT2D eigenvalue weighted by Gasteiger charge is -2.15. The number of phenolic OH excluding ortho intramolecular Hbond substituents is 1. The summed E-state index contributed by atoms with van der Waals surface area (Å²) in [5.74, 6) is 0.912. The van der Waals surface area contributed by atoms with E-state index < -0.39 is 0 Å². The Morgan fingerprint density at radius 3 is 2.60 bits per heavy atom. The molecule has 0 bridgehead atoms. The zero-order chi connectivity index (χ0) is 11.4. The van der Waals surface area contributed by atoms with E-state index in [1.165, 1.54) is 5.56 Å². The molecule has 0 spiro atoms. The molecular weight excluding hydrogens is 186 g/mol. The fourth-order valence-electron chi connectivity index (χ4n) is 1.97. The van der Waals surface area contributed by atoms with Gasteiger partial charge in [0.2, 0.25) is 0 Å². The minimum atomic E-state index is 0.229. The summed E-state index contributed by atoms with van der Waals surface area (Å²) in [5, 5.41) is 9.69. The molecule has 0 saturated carbocycles. The largest absolute Gasteiger partial charge is 0.508 e. The van der Waals surface area contributed by atoms with Gasteiger partial charge in [-0.3, -0.25) is 0 Å². The van der Waals surface area contributed by atoms with Crippen molar-refractivity contribution in [3.63, 3.8) is 0 Å². The maximum absolute atomic E-state index is 9.69. The number of aromatic hydroxyl groups is 1. The molecule has 0 saturated heterocycles. The van der Waals surface area contributed by atoms with E-state index in [0.717, 1.165) is 18.4 Å². The molecule has 1 rings (SSSR count). The Kier molecular flexibility index (Phi) is 4.15. The highest BCUT2D eigenvalue weighted by Crippen LogP contribution is 2.22. The summed E-state index contributed by atoms with van der Waals surface area (Å²) in [4.78, 5) is 0. The number of nitrogens with two attached hydrogens (primary N) is 1. The van der Waals surface area contributed by atoms with Gasteiger partial charge in [-0.15, -0.1) is 0 Å². The van der Waals surface area contributed by atoms with Crippen molar-refractivity contribution in [2.24, 2.45) is 11.7 Å². The first-order valence-electron chi connectivity index (χ1n) is 5.53. The summed E-state index contributed by atoms with van der Waals surface area (Å²) in [6.07, 6.45) is 1.89. The number of rotatable bonds is 4. The van der Waals surface area contributed by atoms with E-state index in [4.69, 9.17) is 5.73 Å². The number of phenols is 1. The lowest BCUT2D eigenvalue weighted by molar-refractivity contribution is 0.443. The monoisotopic (exact) mass is 207 g/mol. The van der Waals surface area contributed by atoms with Crippen molar-refractivity contribution in [2.75, 3.05) is 0 Å². The minimum Gasteiger partial charge on any atom is -0.508 e. The number of aryl methyl sites for hydroxylation is 1. The van der Waals surface area contributed by atoms with Crippen molar-refractivity contribution < 1.29 is 5.11 Å². The van der Waals surface area contributed by atoms with Crippen LogP contribution in [0.3, 0.4) is 0 Å². The van der Waals surface area contributed by atoms with Crippen LogP contribution in [-0.4, -0.2) is 11.1 Å². The fraction of sp³-hybridized carbons (Fsp3) is 0.538. The molecule has 2 heteroatoms. The first-order valence-corrected chi connectivity index (χ1v) is 5.53. The molecule has 84 valence electrons. The molecule has 1 aromatic carbocycles. The molecule has 0 heterocycles. The van der Waals surface area contributed by atoms with E-state index in [-0.39, 0.29) is 6.04 Å². The Labute approximate surface area is 92.1 Å². The van der Waals surface area contributed by atoms with Crippen LogP contribution in [0.4, 0.5) is 0 Å². The number of benzene rings is 1. The van der Waals surface area contributed by atoms with E-state index in [1.807, 2.05) is 26.0 Å². The van der Waals surface area contributed by atoms with Crippen LogP contribution in [-0.2, 0) is 6.42 Å². The fourth-order valence-corrected chi connectivity index (χ4v) is 1.97. The van der Waals surface area contributed by atoms with Crippen LogP contribution in [0.5, 0.6) is 5.75 Å². The Morgan fingerprint density at radius 1 is 1.33 bits per heavy atom. The average molecular weight is 207 g/mol. The van der Waals surface area contributed by atoms with Crippen molar-refractivity contribution >= 4 is 0 Å². The third kappa shape index (κ3) is 3.92. The Balaban J connectivity index is 2.67. The molecule has 0 aliphatic rings. The van der Waals surface area contributed by atoms with Gasteiger partial charge >= 0.3 is 0 Å². The van der Waals surface area contributed by atoms with Crippen LogP contribution in [0.2, 0.25) is 0 Å². The molecule has 0 aliphatic carbocycles. The van der Waals surface area contributed by atoms with Gasteiger partial charge in [0.1, 0.15) is 5.75 Å². The second-order valence-electron chi connectivity index (χ2n) is 4.65. The second kappa shape index (κ2) is 5.17. The Hall–Kier alpha value is -1.02. The van der Waals surface area contributed by atoms with Crippen LogP contribution in [0.15, 0.2) is 18.2 Å².